The number of para-hydroxylation sites is 1. The van der Waals surface area contributed by atoms with Crippen molar-refractivity contribution < 1.29 is 13.2 Å². The summed E-state index contributed by atoms with van der Waals surface area (Å²) < 4.78 is 38.4. The molecule has 1 saturated heterocycles. The topological polar surface area (TPSA) is 15.3 Å². The Labute approximate surface area is 104 Å². The summed E-state index contributed by atoms with van der Waals surface area (Å²) in [5.41, 5.74) is 0.631. The molecule has 1 heterocycles. The van der Waals surface area contributed by atoms with Crippen LogP contribution < -0.4 is 10.2 Å². The number of nitrogens with one attached hydrogen (secondary N) is 1. The van der Waals surface area contributed by atoms with Crippen LogP contribution in [-0.2, 0) is 0 Å². The fourth-order valence-corrected chi connectivity index (χ4v) is 1.93. The monoisotopic (exact) mass is 266 g/mol. The Kier molecular flexibility index (Phi) is 4.65. The average Bonchev–Trinajstić information content (AvgIpc) is 2.29. The normalized spacial score (nSPS) is 20.9. The maximum absolute atomic E-state index is 12.8. The highest BCUT2D eigenvalue weighted by Crippen LogP contribution is 2.29. The number of benzene rings is 1. The highest BCUT2D eigenvalue weighted by Gasteiger charge is 2.44. The number of piperazine rings is 1. The summed E-state index contributed by atoms with van der Waals surface area (Å²) in [7, 11) is 0. The maximum atomic E-state index is 12.8. The number of hydrogen-bond donors (Lipinski definition) is 1. The molecule has 2 rings (SSSR count). The Balaban J connectivity index is 0.00000144. The van der Waals surface area contributed by atoms with Crippen LogP contribution in [0, 0.1) is 0 Å². The highest BCUT2D eigenvalue weighted by molar-refractivity contribution is 5.85. The smallest absolute Gasteiger partial charge is 0.357 e. The molecule has 1 aliphatic heterocycles. The lowest BCUT2D eigenvalue weighted by atomic mass is 10.1. The van der Waals surface area contributed by atoms with E-state index in [2.05, 4.69) is 5.32 Å². The van der Waals surface area contributed by atoms with Crippen LogP contribution in [0.3, 0.4) is 0 Å². The largest absolute Gasteiger partial charge is 0.409 e. The maximum Gasteiger partial charge on any atom is 0.409 e. The van der Waals surface area contributed by atoms with Gasteiger partial charge in [-0.1, -0.05) is 18.2 Å². The molecule has 1 aromatic rings. The molecule has 0 spiro atoms. The number of alkyl halides is 3. The van der Waals surface area contributed by atoms with Gasteiger partial charge in [0.2, 0.25) is 0 Å². The number of halogens is 4. The molecule has 0 saturated carbocycles. The first-order valence-corrected chi connectivity index (χ1v) is 5.18. The van der Waals surface area contributed by atoms with Gasteiger partial charge in [0, 0.05) is 25.3 Å². The summed E-state index contributed by atoms with van der Waals surface area (Å²) in [5, 5.41) is 2.78. The van der Waals surface area contributed by atoms with Crippen LogP contribution in [0.15, 0.2) is 30.3 Å². The van der Waals surface area contributed by atoms with Gasteiger partial charge in [-0.3, -0.25) is 0 Å². The number of anilines is 1. The molecule has 1 N–H and O–H groups in total. The van der Waals surface area contributed by atoms with Crippen molar-refractivity contribution in [2.45, 2.75) is 12.2 Å². The van der Waals surface area contributed by atoms with E-state index in [1.807, 2.05) is 0 Å². The van der Waals surface area contributed by atoms with E-state index < -0.39 is 12.2 Å². The minimum atomic E-state index is -4.19. The Morgan fingerprint density at radius 2 is 1.82 bits per heavy atom. The zero-order chi connectivity index (χ0) is 11.6. The van der Waals surface area contributed by atoms with Gasteiger partial charge in [0.15, 0.2) is 0 Å². The fraction of sp³-hybridized carbons (Fsp3) is 0.455. The molecule has 1 atom stereocenters. The molecule has 0 radical (unpaired) electrons. The summed E-state index contributed by atoms with van der Waals surface area (Å²) in [4.78, 5) is 1.41. The van der Waals surface area contributed by atoms with Gasteiger partial charge in [0.05, 0.1) is 0 Å². The van der Waals surface area contributed by atoms with Crippen LogP contribution in [0.5, 0.6) is 0 Å². The first kappa shape index (κ1) is 14.1. The van der Waals surface area contributed by atoms with Gasteiger partial charge in [-0.25, -0.2) is 0 Å². The molecule has 1 aliphatic rings. The van der Waals surface area contributed by atoms with Gasteiger partial charge < -0.3 is 10.2 Å². The minimum Gasteiger partial charge on any atom is -0.357 e. The van der Waals surface area contributed by atoms with Gasteiger partial charge in [0.1, 0.15) is 6.04 Å². The SMILES string of the molecule is Cl.FC(F)(F)C1CNCCN1c1ccccc1. The van der Waals surface area contributed by atoms with Gasteiger partial charge >= 0.3 is 6.18 Å². The summed E-state index contributed by atoms with van der Waals surface area (Å²) in [6.07, 6.45) is -4.19. The fourth-order valence-electron chi connectivity index (χ4n) is 1.93. The second-order valence-corrected chi connectivity index (χ2v) is 3.79. The summed E-state index contributed by atoms with van der Waals surface area (Å²) in [6, 6.07) is 7.31. The Bertz CT molecular complexity index is 342. The first-order chi connectivity index (χ1) is 7.59. The van der Waals surface area contributed by atoms with Crippen LogP contribution in [0.4, 0.5) is 18.9 Å². The standard InChI is InChI=1S/C11H13F3N2.ClH/c12-11(13,14)10-8-15-6-7-16(10)9-4-2-1-3-5-9;/h1-5,10,15H,6-8H2;1H. The second-order valence-electron chi connectivity index (χ2n) is 3.79. The number of rotatable bonds is 1. The van der Waals surface area contributed by atoms with Gasteiger partial charge in [-0.15, -0.1) is 12.4 Å². The van der Waals surface area contributed by atoms with Crippen LogP contribution in [-0.4, -0.2) is 31.9 Å². The molecule has 0 amide bonds. The molecule has 1 aromatic carbocycles. The van der Waals surface area contributed by atoms with E-state index in [0.717, 1.165) is 0 Å². The van der Waals surface area contributed by atoms with E-state index in [1.54, 1.807) is 30.3 Å². The third-order valence-electron chi connectivity index (χ3n) is 2.71. The second kappa shape index (κ2) is 5.60. The number of hydrogen-bond acceptors (Lipinski definition) is 2. The predicted molar refractivity (Wildman–Crippen MR) is 63.7 cm³/mol. The Morgan fingerprint density at radius 3 is 2.41 bits per heavy atom. The molecule has 6 heteroatoms. The molecular formula is C11H14ClF3N2. The van der Waals surface area contributed by atoms with Crippen LogP contribution in [0.25, 0.3) is 0 Å². The molecule has 1 fully saturated rings. The van der Waals surface area contributed by atoms with E-state index in [4.69, 9.17) is 0 Å². The quantitative estimate of drug-likeness (QED) is 0.840. The van der Waals surface area contributed by atoms with E-state index in [-0.39, 0.29) is 19.0 Å². The van der Waals surface area contributed by atoms with E-state index in [1.165, 1.54) is 4.90 Å². The molecule has 2 nitrogen and oxygen atoms in total. The van der Waals surface area contributed by atoms with Crippen LogP contribution in [0.1, 0.15) is 0 Å². The zero-order valence-corrected chi connectivity index (χ0v) is 9.89. The van der Waals surface area contributed by atoms with Crippen molar-refractivity contribution >= 4 is 18.1 Å². The summed E-state index contributed by atoms with van der Waals surface area (Å²) >= 11 is 0. The molecule has 17 heavy (non-hydrogen) atoms. The van der Waals surface area contributed by atoms with E-state index >= 15 is 0 Å². The minimum absolute atomic E-state index is 0. The van der Waals surface area contributed by atoms with Gasteiger partial charge in [-0.05, 0) is 12.1 Å². The van der Waals surface area contributed by atoms with E-state index in [9.17, 15) is 13.2 Å². The van der Waals surface area contributed by atoms with Gasteiger partial charge in [0.25, 0.3) is 0 Å². The van der Waals surface area contributed by atoms with E-state index in [0.29, 0.717) is 18.8 Å². The molecule has 0 aliphatic carbocycles. The molecule has 1 unspecified atom stereocenters. The predicted octanol–water partition coefficient (Wildman–Crippen LogP) is 2.45. The van der Waals surface area contributed by atoms with Crippen molar-refractivity contribution in [3.05, 3.63) is 30.3 Å². The van der Waals surface area contributed by atoms with Crippen molar-refractivity contribution in [1.82, 2.24) is 5.32 Å². The lowest BCUT2D eigenvalue weighted by molar-refractivity contribution is -0.149. The molecule has 0 bridgehead atoms. The third-order valence-corrected chi connectivity index (χ3v) is 2.71. The zero-order valence-electron chi connectivity index (χ0n) is 9.07. The van der Waals surface area contributed by atoms with Crippen LogP contribution >= 0.6 is 12.4 Å². The van der Waals surface area contributed by atoms with Crippen molar-refractivity contribution in [1.29, 1.82) is 0 Å². The van der Waals surface area contributed by atoms with Gasteiger partial charge in [-0.2, -0.15) is 13.2 Å². The highest BCUT2D eigenvalue weighted by atomic mass is 35.5. The number of nitrogens with zero attached hydrogens (tertiary/aromatic N) is 1. The van der Waals surface area contributed by atoms with Crippen molar-refractivity contribution in [3.8, 4) is 0 Å². The Hall–Kier alpha value is -0.940. The molecular weight excluding hydrogens is 253 g/mol. The lowest BCUT2D eigenvalue weighted by Gasteiger charge is -2.38. The average molecular weight is 267 g/mol. The van der Waals surface area contributed by atoms with Crippen molar-refractivity contribution in [2.75, 3.05) is 24.5 Å². The summed E-state index contributed by atoms with van der Waals surface area (Å²) in [5.74, 6) is 0. The molecule has 0 aromatic heterocycles. The van der Waals surface area contributed by atoms with Crippen molar-refractivity contribution in [2.24, 2.45) is 0 Å². The summed E-state index contributed by atoms with van der Waals surface area (Å²) in [6.45, 7) is 0.925. The first-order valence-electron chi connectivity index (χ1n) is 5.18. The Morgan fingerprint density at radius 1 is 1.18 bits per heavy atom. The van der Waals surface area contributed by atoms with Crippen molar-refractivity contribution in [3.63, 3.8) is 0 Å². The third kappa shape index (κ3) is 3.26. The lowest BCUT2D eigenvalue weighted by Crippen LogP contribution is -2.58. The van der Waals surface area contributed by atoms with Crippen LogP contribution in [0.2, 0.25) is 0 Å². The molecule has 96 valence electrons.